The Morgan fingerprint density at radius 2 is 2.10 bits per heavy atom. The maximum Gasteiger partial charge on any atom is 0.0624 e. The number of aromatic nitrogens is 2. The maximum absolute atomic E-state index is 6.39. The summed E-state index contributed by atoms with van der Waals surface area (Å²) in [6, 6.07) is 2.66. The van der Waals surface area contributed by atoms with Gasteiger partial charge in [0, 0.05) is 18.3 Å². The molecule has 1 fully saturated rings. The van der Waals surface area contributed by atoms with E-state index >= 15 is 0 Å². The topological polar surface area (TPSA) is 43.8 Å². The van der Waals surface area contributed by atoms with Gasteiger partial charge in [-0.2, -0.15) is 5.10 Å². The minimum Gasteiger partial charge on any atom is -0.327 e. The molecule has 114 valence electrons. The Hall–Kier alpha value is -0.830. The number of hydrogen-bond donors (Lipinski definition) is 1. The highest BCUT2D eigenvalue weighted by atomic mass is 15.3. The third kappa shape index (κ3) is 3.43. The van der Waals surface area contributed by atoms with Crippen molar-refractivity contribution >= 4 is 0 Å². The first-order valence-electron chi connectivity index (χ1n) is 8.36. The van der Waals surface area contributed by atoms with Crippen LogP contribution < -0.4 is 5.73 Å². The lowest BCUT2D eigenvalue weighted by Gasteiger charge is -2.36. The first-order valence-corrected chi connectivity index (χ1v) is 8.36. The average Bonchev–Trinajstić information content (AvgIpc) is 2.83. The lowest BCUT2D eigenvalue weighted by molar-refractivity contribution is 0.187. The van der Waals surface area contributed by atoms with Crippen molar-refractivity contribution in [3.05, 3.63) is 17.5 Å². The second-order valence-corrected chi connectivity index (χ2v) is 6.74. The Balaban J connectivity index is 2.09. The van der Waals surface area contributed by atoms with Gasteiger partial charge in [-0.15, -0.1) is 0 Å². The van der Waals surface area contributed by atoms with E-state index in [1.165, 1.54) is 30.7 Å². The highest BCUT2D eigenvalue weighted by Gasteiger charge is 2.30. The highest BCUT2D eigenvalue weighted by Crippen LogP contribution is 2.34. The van der Waals surface area contributed by atoms with Gasteiger partial charge in [0.05, 0.1) is 5.69 Å². The average molecular weight is 277 g/mol. The monoisotopic (exact) mass is 277 g/mol. The largest absolute Gasteiger partial charge is 0.327 e. The summed E-state index contributed by atoms with van der Waals surface area (Å²) < 4.78 is 2.17. The molecule has 0 aromatic carbocycles. The minimum absolute atomic E-state index is 0.371. The van der Waals surface area contributed by atoms with Gasteiger partial charge in [-0.25, -0.2) is 0 Å². The molecule has 0 bridgehead atoms. The van der Waals surface area contributed by atoms with Crippen molar-refractivity contribution < 1.29 is 0 Å². The van der Waals surface area contributed by atoms with Gasteiger partial charge < -0.3 is 5.73 Å². The highest BCUT2D eigenvalue weighted by molar-refractivity contribution is 5.12. The summed E-state index contributed by atoms with van der Waals surface area (Å²) in [6.45, 7) is 10.0. The van der Waals surface area contributed by atoms with Gasteiger partial charge in [0.25, 0.3) is 0 Å². The number of hydrogen-bond acceptors (Lipinski definition) is 2. The molecule has 0 saturated heterocycles. The van der Waals surface area contributed by atoms with E-state index in [1.54, 1.807) is 0 Å². The third-order valence-electron chi connectivity index (χ3n) is 5.07. The van der Waals surface area contributed by atoms with Crippen LogP contribution in [0.5, 0.6) is 0 Å². The predicted octanol–water partition coefficient (Wildman–Crippen LogP) is 3.41. The summed E-state index contributed by atoms with van der Waals surface area (Å²) in [6.07, 6.45) is 5.91. The zero-order valence-corrected chi connectivity index (χ0v) is 13.6. The molecule has 3 heteroatoms. The number of nitrogens with zero attached hydrogens (tertiary/aromatic N) is 2. The van der Waals surface area contributed by atoms with Crippen LogP contribution in [0.25, 0.3) is 0 Å². The van der Waals surface area contributed by atoms with Gasteiger partial charge in [-0.05, 0) is 62.8 Å². The summed E-state index contributed by atoms with van der Waals surface area (Å²) in [7, 11) is 0. The molecule has 1 aliphatic carbocycles. The SMILES string of the molecule is CCc1cc(CC2CC(C(C)C)CCC2N)n(CC)n1. The number of aryl methyl sites for hydroxylation is 2. The van der Waals surface area contributed by atoms with Crippen molar-refractivity contribution in [1.82, 2.24) is 9.78 Å². The van der Waals surface area contributed by atoms with Gasteiger partial charge in [-0.3, -0.25) is 4.68 Å². The Kier molecular flexibility index (Phi) is 5.25. The van der Waals surface area contributed by atoms with Crippen LogP contribution in [-0.4, -0.2) is 15.8 Å². The second kappa shape index (κ2) is 6.75. The molecule has 20 heavy (non-hydrogen) atoms. The molecule has 3 nitrogen and oxygen atoms in total. The molecule has 1 aromatic heterocycles. The lowest BCUT2D eigenvalue weighted by atomic mass is 9.72. The second-order valence-electron chi connectivity index (χ2n) is 6.74. The van der Waals surface area contributed by atoms with E-state index in [2.05, 4.69) is 43.5 Å². The summed E-state index contributed by atoms with van der Waals surface area (Å²) in [5.41, 5.74) is 8.99. The zero-order chi connectivity index (χ0) is 14.7. The Bertz CT molecular complexity index is 422. The van der Waals surface area contributed by atoms with Crippen molar-refractivity contribution in [2.45, 2.75) is 72.4 Å². The molecule has 1 aromatic rings. The fourth-order valence-corrected chi connectivity index (χ4v) is 3.56. The summed E-state index contributed by atoms with van der Waals surface area (Å²) in [5.74, 6) is 2.26. The molecule has 2 rings (SSSR count). The van der Waals surface area contributed by atoms with Gasteiger partial charge in [-0.1, -0.05) is 20.8 Å². The molecular formula is C17H31N3. The smallest absolute Gasteiger partial charge is 0.0624 e. The first kappa shape index (κ1) is 15.6. The molecule has 2 N–H and O–H groups in total. The van der Waals surface area contributed by atoms with Crippen molar-refractivity contribution in [3.8, 4) is 0 Å². The molecule has 3 atom stereocenters. The molecule has 0 amide bonds. The van der Waals surface area contributed by atoms with E-state index in [0.717, 1.165) is 31.2 Å². The van der Waals surface area contributed by atoms with E-state index in [4.69, 9.17) is 5.73 Å². The summed E-state index contributed by atoms with van der Waals surface area (Å²) >= 11 is 0. The Labute approximate surface area is 123 Å². The fourth-order valence-electron chi connectivity index (χ4n) is 3.56. The van der Waals surface area contributed by atoms with Crippen molar-refractivity contribution in [1.29, 1.82) is 0 Å². The van der Waals surface area contributed by atoms with Gasteiger partial charge in [0.2, 0.25) is 0 Å². The van der Waals surface area contributed by atoms with Crippen molar-refractivity contribution in [2.24, 2.45) is 23.5 Å². The molecule has 0 aliphatic heterocycles. The maximum atomic E-state index is 6.39. The van der Waals surface area contributed by atoms with Gasteiger partial charge in [0.15, 0.2) is 0 Å². The van der Waals surface area contributed by atoms with E-state index in [1.807, 2.05) is 0 Å². The molecular weight excluding hydrogens is 246 g/mol. The first-order chi connectivity index (χ1) is 9.55. The molecule has 3 unspecified atom stereocenters. The standard InChI is InChI=1S/C17H31N3/c1-5-15-11-16(20(6-2)19-15)10-14-9-13(12(3)4)7-8-17(14)18/h11-14,17H,5-10,18H2,1-4H3. The molecule has 1 aliphatic rings. The van der Waals surface area contributed by atoms with Crippen LogP contribution in [-0.2, 0) is 19.4 Å². The number of rotatable bonds is 5. The van der Waals surface area contributed by atoms with E-state index in [-0.39, 0.29) is 0 Å². The quantitative estimate of drug-likeness (QED) is 0.896. The van der Waals surface area contributed by atoms with Crippen molar-refractivity contribution in [2.75, 3.05) is 0 Å². The zero-order valence-electron chi connectivity index (χ0n) is 13.6. The van der Waals surface area contributed by atoms with Crippen LogP contribution in [0.3, 0.4) is 0 Å². The third-order valence-corrected chi connectivity index (χ3v) is 5.07. The van der Waals surface area contributed by atoms with Crippen LogP contribution in [0.15, 0.2) is 6.07 Å². The Morgan fingerprint density at radius 1 is 1.35 bits per heavy atom. The van der Waals surface area contributed by atoms with Crippen LogP contribution >= 0.6 is 0 Å². The minimum atomic E-state index is 0.371. The predicted molar refractivity (Wildman–Crippen MR) is 84.6 cm³/mol. The summed E-state index contributed by atoms with van der Waals surface area (Å²) in [5, 5.41) is 4.67. The molecule has 1 saturated carbocycles. The van der Waals surface area contributed by atoms with Gasteiger partial charge >= 0.3 is 0 Å². The van der Waals surface area contributed by atoms with Gasteiger partial charge in [0.1, 0.15) is 0 Å². The van der Waals surface area contributed by atoms with E-state index in [0.29, 0.717) is 12.0 Å². The van der Waals surface area contributed by atoms with E-state index < -0.39 is 0 Å². The van der Waals surface area contributed by atoms with E-state index in [9.17, 15) is 0 Å². The van der Waals surface area contributed by atoms with Crippen LogP contribution in [0.2, 0.25) is 0 Å². The van der Waals surface area contributed by atoms with Crippen LogP contribution in [0.1, 0.15) is 58.3 Å². The lowest BCUT2D eigenvalue weighted by Crippen LogP contribution is -2.38. The number of nitrogens with two attached hydrogens (primary N) is 1. The molecule has 1 heterocycles. The van der Waals surface area contributed by atoms with Crippen LogP contribution in [0.4, 0.5) is 0 Å². The normalized spacial score (nSPS) is 27.2. The molecule has 0 spiro atoms. The molecule has 0 radical (unpaired) electrons. The Morgan fingerprint density at radius 3 is 2.70 bits per heavy atom. The summed E-state index contributed by atoms with van der Waals surface area (Å²) in [4.78, 5) is 0. The van der Waals surface area contributed by atoms with Crippen molar-refractivity contribution in [3.63, 3.8) is 0 Å². The fraction of sp³-hybridized carbons (Fsp3) is 0.824. The van der Waals surface area contributed by atoms with Crippen LogP contribution in [0, 0.1) is 17.8 Å².